The van der Waals surface area contributed by atoms with Crippen LogP contribution in [0, 0.1) is 0 Å². The molecule has 3 nitrogen and oxygen atoms in total. The fourth-order valence-corrected chi connectivity index (χ4v) is 1.79. The number of nitrogens with two attached hydrogens (primary N) is 1. The molecule has 2 N–H and O–H groups in total. The van der Waals surface area contributed by atoms with Gasteiger partial charge in [0.05, 0.1) is 0 Å². The van der Waals surface area contributed by atoms with Gasteiger partial charge in [-0.1, -0.05) is 25.1 Å². The molecule has 3 heteroatoms. The molecule has 2 unspecified atom stereocenters. The summed E-state index contributed by atoms with van der Waals surface area (Å²) in [6.45, 7) is 4.06. The van der Waals surface area contributed by atoms with Gasteiger partial charge < -0.3 is 10.5 Å². The molecular weight excluding hydrogens is 212 g/mol. The van der Waals surface area contributed by atoms with E-state index in [0.717, 1.165) is 23.1 Å². The average Bonchev–Trinajstić information content (AvgIpc) is 2.38. The van der Waals surface area contributed by atoms with Crippen molar-refractivity contribution in [3.8, 4) is 5.75 Å². The Morgan fingerprint density at radius 1 is 1.29 bits per heavy atom. The highest BCUT2D eigenvalue weighted by molar-refractivity contribution is 5.84. The number of nitrogens with zero attached hydrogens (tertiary/aromatic N) is 1. The van der Waals surface area contributed by atoms with Gasteiger partial charge in [-0.2, -0.15) is 0 Å². The molecule has 0 saturated heterocycles. The maximum Gasteiger partial charge on any atom is 0.146 e. The molecule has 0 saturated carbocycles. The number of fused-ring (bicyclic) bond motifs is 1. The summed E-state index contributed by atoms with van der Waals surface area (Å²) < 4.78 is 5.89. The molecular formula is C14H18N2O. The monoisotopic (exact) mass is 230 g/mol. The topological polar surface area (TPSA) is 48.1 Å². The highest BCUT2D eigenvalue weighted by Gasteiger charge is 2.13. The van der Waals surface area contributed by atoms with Crippen LogP contribution >= 0.6 is 0 Å². The van der Waals surface area contributed by atoms with E-state index in [1.807, 2.05) is 37.3 Å². The maximum atomic E-state index is 5.96. The van der Waals surface area contributed by atoms with E-state index in [0.29, 0.717) is 0 Å². The SMILES string of the molecule is CCC(N)C(C)Oc1cccc2cccnc12. The molecule has 1 aromatic heterocycles. The second kappa shape index (κ2) is 5.15. The predicted molar refractivity (Wildman–Crippen MR) is 70.1 cm³/mol. The standard InChI is InChI=1S/C14H18N2O/c1-3-12(15)10(2)17-13-8-4-6-11-7-5-9-16-14(11)13/h4-10,12H,3,15H2,1-2H3. The number of benzene rings is 1. The third-order valence-electron chi connectivity index (χ3n) is 2.98. The largest absolute Gasteiger partial charge is 0.487 e. The molecule has 0 aliphatic carbocycles. The van der Waals surface area contributed by atoms with Gasteiger partial charge in [0, 0.05) is 17.6 Å². The first-order chi connectivity index (χ1) is 8.22. The van der Waals surface area contributed by atoms with Crippen LogP contribution in [-0.2, 0) is 0 Å². The first-order valence-electron chi connectivity index (χ1n) is 5.98. The summed E-state index contributed by atoms with van der Waals surface area (Å²) >= 11 is 0. The Labute approximate surface area is 102 Å². The Morgan fingerprint density at radius 2 is 2.06 bits per heavy atom. The molecule has 0 aliphatic heterocycles. The normalized spacial score (nSPS) is 14.5. The second-order valence-electron chi connectivity index (χ2n) is 4.23. The Bertz CT molecular complexity index is 493. The highest BCUT2D eigenvalue weighted by Crippen LogP contribution is 2.24. The van der Waals surface area contributed by atoms with Gasteiger partial charge in [0.2, 0.25) is 0 Å². The van der Waals surface area contributed by atoms with Crippen LogP contribution in [0.3, 0.4) is 0 Å². The van der Waals surface area contributed by atoms with Gasteiger partial charge in [0.1, 0.15) is 17.4 Å². The van der Waals surface area contributed by atoms with Crippen molar-refractivity contribution in [2.75, 3.05) is 0 Å². The fourth-order valence-electron chi connectivity index (χ4n) is 1.79. The van der Waals surface area contributed by atoms with Crippen LogP contribution < -0.4 is 10.5 Å². The Kier molecular flexibility index (Phi) is 3.59. The quantitative estimate of drug-likeness (QED) is 0.878. The first kappa shape index (κ1) is 11.9. The van der Waals surface area contributed by atoms with Crippen LogP contribution in [0.15, 0.2) is 36.5 Å². The van der Waals surface area contributed by atoms with Crippen molar-refractivity contribution in [3.63, 3.8) is 0 Å². The van der Waals surface area contributed by atoms with Gasteiger partial charge in [0.25, 0.3) is 0 Å². The number of ether oxygens (including phenoxy) is 1. The van der Waals surface area contributed by atoms with Gasteiger partial charge in [-0.3, -0.25) is 4.98 Å². The average molecular weight is 230 g/mol. The first-order valence-corrected chi connectivity index (χ1v) is 5.98. The van der Waals surface area contributed by atoms with Crippen molar-refractivity contribution in [1.82, 2.24) is 4.98 Å². The Balaban J connectivity index is 2.30. The lowest BCUT2D eigenvalue weighted by atomic mass is 10.1. The number of hydrogen-bond acceptors (Lipinski definition) is 3. The molecule has 0 aliphatic rings. The zero-order valence-electron chi connectivity index (χ0n) is 10.3. The van der Waals surface area contributed by atoms with Gasteiger partial charge in [-0.15, -0.1) is 0 Å². The smallest absolute Gasteiger partial charge is 0.146 e. The highest BCUT2D eigenvalue weighted by atomic mass is 16.5. The van der Waals surface area contributed by atoms with Gasteiger partial charge in [0.15, 0.2) is 0 Å². The van der Waals surface area contributed by atoms with E-state index in [1.54, 1.807) is 6.20 Å². The molecule has 0 spiro atoms. The maximum absolute atomic E-state index is 5.96. The minimum atomic E-state index is -0.00685. The summed E-state index contributed by atoms with van der Waals surface area (Å²) in [5.74, 6) is 0.805. The van der Waals surface area contributed by atoms with E-state index in [1.165, 1.54) is 0 Å². The zero-order chi connectivity index (χ0) is 12.3. The van der Waals surface area contributed by atoms with Crippen LogP contribution in [-0.4, -0.2) is 17.1 Å². The van der Waals surface area contributed by atoms with Crippen LogP contribution in [0.1, 0.15) is 20.3 Å². The molecule has 0 bridgehead atoms. The second-order valence-corrected chi connectivity index (χ2v) is 4.23. The van der Waals surface area contributed by atoms with Crippen LogP contribution in [0.25, 0.3) is 10.9 Å². The third-order valence-corrected chi connectivity index (χ3v) is 2.98. The fraction of sp³-hybridized carbons (Fsp3) is 0.357. The van der Waals surface area contributed by atoms with Crippen molar-refractivity contribution in [2.24, 2.45) is 5.73 Å². The van der Waals surface area contributed by atoms with Crippen molar-refractivity contribution >= 4 is 10.9 Å². The van der Waals surface area contributed by atoms with E-state index in [-0.39, 0.29) is 12.1 Å². The number of rotatable bonds is 4. The molecule has 2 atom stereocenters. The summed E-state index contributed by atoms with van der Waals surface area (Å²) in [5.41, 5.74) is 6.86. The lowest BCUT2D eigenvalue weighted by molar-refractivity contribution is 0.189. The summed E-state index contributed by atoms with van der Waals surface area (Å²) in [7, 11) is 0. The summed E-state index contributed by atoms with van der Waals surface area (Å²) in [6.07, 6.45) is 2.67. The van der Waals surface area contributed by atoms with E-state index >= 15 is 0 Å². The van der Waals surface area contributed by atoms with E-state index in [4.69, 9.17) is 10.5 Å². The summed E-state index contributed by atoms with van der Waals surface area (Å²) in [6, 6.07) is 9.94. The third kappa shape index (κ3) is 2.56. The van der Waals surface area contributed by atoms with E-state index in [9.17, 15) is 0 Å². The van der Waals surface area contributed by atoms with Crippen molar-refractivity contribution < 1.29 is 4.74 Å². The number of pyridine rings is 1. The molecule has 2 rings (SSSR count). The number of para-hydroxylation sites is 1. The molecule has 0 fully saturated rings. The van der Waals surface area contributed by atoms with Crippen molar-refractivity contribution in [1.29, 1.82) is 0 Å². The van der Waals surface area contributed by atoms with Crippen LogP contribution in [0.2, 0.25) is 0 Å². The minimum absolute atomic E-state index is 0.00685. The minimum Gasteiger partial charge on any atom is -0.487 e. The Hall–Kier alpha value is -1.61. The van der Waals surface area contributed by atoms with Crippen molar-refractivity contribution in [2.45, 2.75) is 32.4 Å². The van der Waals surface area contributed by atoms with Gasteiger partial charge >= 0.3 is 0 Å². The summed E-state index contributed by atoms with van der Waals surface area (Å²) in [5, 5.41) is 1.09. The number of hydrogen-bond donors (Lipinski definition) is 1. The molecule has 1 aromatic carbocycles. The Morgan fingerprint density at radius 3 is 2.82 bits per heavy atom. The molecule has 2 aromatic rings. The lowest BCUT2D eigenvalue weighted by Gasteiger charge is -2.20. The van der Waals surface area contributed by atoms with Crippen LogP contribution in [0.5, 0.6) is 5.75 Å². The molecule has 0 amide bonds. The molecule has 0 radical (unpaired) electrons. The number of aromatic nitrogens is 1. The van der Waals surface area contributed by atoms with E-state index < -0.39 is 0 Å². The molecule has 1 heterocycles. The zero-order valence-corrected chi connectivity index (χ0v) is 10.3. The lowest BCUT2D eigenvalue weighted by Crippen LogP contribution is -2.35. The van der Waals surface area contributed by atoms with Crippen LogP contribution in [0.4, 0.5) is 0 Å². The van der Waals surface area contributed by atoms with Crippen molar-refractivity contribution in [3.05, 3.63) is 36.5 Å². The molecule has 90 valence electrons. The summed E-state index contributed by atoms with van der Waals surface area (Å²) in [4.78, 5) is 4.35. The predicted octanol–water partition coefficient (Wildman–Crippen LogP) is 2.74. The van der Waals surface area contributed by atoms with Gasteiger partial charge in [-0.25, -0.2) is 0 Å². The van der Waals surface area contributed by atoms with E-state index in [2.05, 4.69) is 11.9 Å². The van der Waals surface area contributed by atoms with Gasteiger partial charge in [-0.05, 0) is 25.5 Å². The molecule has 17 heavy (non-hydrogen) atoms.